The van der Waals surface area contributed by atoms with Crippen LogP contribution in [0.15, 0.2) is 18.2 Å². The average Bonchev–Trinajstić information content (AvgIpc) is 2.44. The van der Waals surface area contributed by atoms with Crippen molar-refractivity contribution in [3.05, 3.63) is 35.4 Å². The van der Waals surface area contributed by atoms with E-state index in [1.165, 1.54) is 12.1 Å². The SMILES string of the molecule is CO[Si](OC)OCCCCCCc1ccc(F)cc1F. The number of aryl methyl sites for hydroxylation is 1. The largest absolute Gasteiger partial charge is 0.577 e. The molecule has 113 valence electrons. The lowest BCUT2D eigenvalue weighted by molar-refractivity contribution is 0.133. The Kier molecular flexibility index (Phi) is 8.60. The van der Waals surface area contributed by atoms with E-state index in [1.54, 1.807) is 14.2 Å². The van der Waals surface area contributed by atoms with Gasteiger partial charge < -0.3 is 13.3 Å². The van der Waals surface area contributed by atoms with Crippen molar-refractivity contribution >= 4 is 9.53 Å². The monoisotopic (exact) mass is 303 g/mol. The molecule has 0 heterocycles. The molecule has 0 aromatic heterocycles. The molecule has 0 atom stereocenters. The average molecular weight is 303 g/mol. The van der Waals surface area contributed by atoms with E-state index in [2.05, 4.69) is 0 Å². The van der Waals surface area contributed by atoms with Crippen molar-refractivity contribution in [3.63, 3.8) is 0 Å². The minimum absolute atomic E-state index is 0.458. The van der Waals surface area contributed by atoms with E-state index in [0.29, 0.717) is 18.6 Å². The Bertz CT molecular complexity index is 387. The highest BCUT2D eigenvalue weighted by Crippen LogP contribution is 2.13. The summed E-state index contributed by atoms with van der Waals surface area (Å²) in [4.78, 5) is 0. The molecule has 0 amide bonds. The van der Waals surface area contributed by atoms with Gasteiger partial charge in [0.05, 0.1) is 0 Å². The Morgan fingerprint density at radius 2 is 1.70 bits per heavy atom. The fraction of sp³-hybridized carbons (Fsp3) is 0.571. The van der Waals surface area contributed by atoms with E-state index in [1.807, 2.05) is 0 Å². The van der Waals surface area contributed by atoms with Crippen molar-refractivity contribution in [1.29, 1.82) is 0 Å². The van der Waals surface area contributed by atoms with Gasteiger partial charge >= 0.3 is 9.53 Å². The van der Waals surface area contributed by atoms with E-state index < -0.39 is 21.2 Å². The molecule has 0 fully saturated rings. The van der Waals surface area contributed by atoms with Crippen molar-refractivity contribution in [2.75, 3.05) is 20.8 Å². The zero-order chi connectivity index (χ0) is 14.8. The van der Waals surface area contributed by atoms with Crippen LogP contribution in [-0.2, 0) is 19.7 Å². The molecule has 0 spiro atoms. The second-order valence-corrected chi connectivity index (χ2v) is 6.01. The third kappa shape index (κ3) is 6.56. The summed E-state index contributed by atoms with van der Waals surface area (Å²) in [5.41, 5.74) is 0.576. The van der Waals surface area contributed by atoms with Crippen LogP contribution in [0.5, 0.6) is 0 Å². The highest BCUT2D eigenvalue weighted by Gasteiger charge is 2.13. The molecule has 0 N–H and O–H groups in total. The Balaban J connectivity index is 2.07. The van der Waals surface area contributed by atoms with Crippen molar-refractivity contribution in [2.45, 2.75) is 32.1 Å². The van der Waals surface area contributed by atoms with E-state index >= 15 is 0 Å². The number of halogens is 2. The van der Waals surface area contributed by atoms with Crippen LogP contribution >= 0.6 is 0 Å². The highest BCUT2D eigenvalue weighted by molar-refractivity contribution is 6.36. The first-order valence-electron chi connectivity index (χ1n) is 6.69. The summed E-state index contributed by atoms with van der Waals surface area (Å²) < 4.78 is 41.5. The maximum atomic E-state index is 13.4. The normalized spacial score (nSPS) is 11.2. The van der Waals surface area contributed by atoms with Crippen LogP contribution in [0, 0.1) is 11.6 Å². The zero-order valence-corrected chi connectivity index (χ0v) is 13.0. The van der Waals surface area contributed by atoms with Crippen LogP contribution in [0.2, 0.25) is 0 Å². The summed E-state index contributed by atoms with van der Waals surface area (Å²) in [6.07, 6.45) is 4.44. The van der Waals surface area contributed by atoms with E-state index in [9.17, 15) is 8.78 Å². The van der Waals surface area contributed by atoms with E-state index in [-0.39, 0.29) is 0 Å². The van der Waals surface area contributed by atoms with E-state index in [4.69, 9.17) is 13.3 Å². The molecule has 3 nitrogen and oxygen atoms in total. The second-order valence-electron chi connectivity index (χ2n) is 4.41. The van der Waals surface area contributed by atoms with E-state index in [0.717, 1.165) is 31.7 Å². The number of benzene rings is 1. The number of unbranched alkanes of at least 4 members (excludes halogenated alkanes) is 3. The number of hydrogen-bond acceptors (Lipinski definition) is 3. The summed E-state index contributed by atoms with van der Waals surface area (Å²) in [6.45, 7) is 0.612. The molecule has 0 aliphatic heterocycles. The van der Waals surface area contributed by atoms with Gasteiger partial charge in [-0.1, -0.05) is 18.9 Å². The van der Waals surface area contributed by atoms with Gasteiger partial charge in [-0.15, -0.1) is 0 Å². The second kappa shape index (κ2) is 9.98. The van der Waals surface area contributed by atoms with Gasteiger partial charge in [-0.3, -0.25) is 0 Å². The fourth-order valence-corrected chi connectivity index (χ4v) is 2.57. The fourth-order valence-electron chi connectivity index (χ4n) is 1.85. The van der Waals surface area contributed by atoms with Crippen LogP contribution in [0.3, 0.4) is 0 Å². The predicted octanol–water partition coefficient (Wildman–Crippen LogP) is 3.36. The van der Waals surface area contributed by atoms with Gasteiger partial charge in [-0.05, 0) is 30.9 Å². The lowest BCUT2D eigenvalue weighted by Gasteiger charge is -2.09. The Morgan fingerprint density at radius 1 is 1.00 bits per heavy atom. The Hall–Kier alpha value is -0.823. The molecule has 20 heavy (non-hydrogen) atoms. The molecule has 1 radical (unpaired) electrons. The molecule has 0 aliphatic rings. The molecular formula is C14H21F2O3Si. The lowest BCUT2D eigenvalue weighted by atomic mass is 10.1. The smallest absolute Gasteiger partial charge is 0.375 e. The third-order valence-electron chi connectivity index (χ3n) is 2.91. The summed E-state index contributed by atoms with van der Waals surface area (Å²) in [5.74, 6) is -0.988. The van der Waals surface area contributed by atoms with Crippen LogP contribution in [0.1, 0.15) is 31.2 Å². The number of hydrogen-bond donors (Lipinski definition) is 0. The van der Waals surface area contributed by atoms with Gasteiger partial charge in [0.25, 0.3) is 0 Å². The quantitative estimate of drug-likeness (QED) is 0.490. The van der Waals surface area contributed by atoms with Crippen molar-refractivity contribution in [2.24, 2.45) is 0 Å². The summed E-state index contributed by atoms with van der Waals surface area (Å²) in [5, 5.41) is 0. The van der Waals surface area contributed by atoms with Crippen LogP contribution in [0.4, 0.5) is 8.78 Å². The number of rotatable bonds is 10. The van der Waals surface area contributed by atoms with Gasteiger partial charge in [-0.2, -0.15) is 0 Å². The van der Waals surface area contributed by atoms with Crippen LogP contribution in [-0.4, -0.2) is 30.4 Å². The zero-order valence-electron chi connectivity index (χ0n) is 12.0. The molecule has 0 saturated heterocycles. The van der Waals surface area contributed by atoms with Gasteiger partial charge in [0, 0.05) is 26.9 Å². The predicted molar refractivity (Wildman–Crippen MR) is 74.3 cm³/mol. The van der Waals surface area contributed by atoms with Crippen molar-refractivity contribution in [1.82, 2.24) is 0 Å². The minimum Gasteiger partial charge on any atom is -0.375 e. The molecule has 6 heteroatoms. The molecule has 0 aliphatic carbocycles. The topological polar surface area (TPSA) is 27.7 Å². The highest BCUT2D eigenvalue weighted by atomic mass is 28.3. The molecule has 0 bridgehead atoms. The van der Waals surface area contributed by atoms with Gasteiger partial charge in [0.1, 0.15) is 11.6 Å². The summed E-state index contributed by atoms with van der Waals surface area (Å²) in [6, 6.07) is 3.74. The van der Waals surface area contributed by atoms with Crippen molar-refractivity contribution < 1.29 is 22.1 Å². The molecular weight excluding hydrogens is 282 g/mol. The minimum atomic E-state index is -1.55. The molecule has 0 unspecified atom stereocenters. The van der Waals surface area contributed by atoms with Crippen LogP contribution < -0.4 is 0 Å². The summed E-state index contributed by atoms with van der Waals surface area (Å²) in [7, 11) is 1.58. The van der Waals surface area contributed by atoms with Crippen molar-refractivity contribution in [3.8, 4) is 0 Å². The molecule has 1 rings (SSSR count). The lowest BCUT2D eigenvalue weighted by Crippen LogP contribution is -2.24. The standard InChI is InChI=1S/C14H21F2O3Si/c1-17-20(18-2)19-10-6-4-3-5-7-12-8-9-13(15)11-14(12)16/h8-9,11H,3-7,10H2,1-2H3. The third-order valence-corrected chi connectivity index (χ3v) is 4.02. The molecule has 1 aromatic rings. The first-order chi connectivity index (χ1) is 9.67. The molecule has 0 saturated carbocycles. The van der Waals surface area contributed by atoms with Gasteiger partial charge in [0.15, 0.2) is 0 Å². The Labute approximate surface area is 120 Å². The molecule has 1 aromatic carbocycles. The first-order valence-corrected chi connectivity index (χ1v) is 7.91. The van der Waals surface area contributed by atoms with Crippen LogP contribution in [0.25, 0.3) is 0 Å². The summed E-state index contributed by atoms with van der Waals surface area (Å²) >= 11 is 0. The maximum absolute atomic E-state index is 13.4. The Morgan fingerprint density at radius 3 is 2.35 bits per heavy atom. The first kappa shape index (κ1) is 17.2. The maximum Gasteiger partial charge on any atom is 0.577 e. The van der Waals surface area contributed by atoms with Gasteiger partial charge in [0.2, 0.25) is 0 Å². The van der Waals surface area contributed by atoms with Gasteiger partial charge in [-0.25, -0.2) is 8.78 Å².